The normalized spacial score (nSPS) is 14.6. The minimum Gasteiger partial charge on any atom is -0.497 e. The summed E-state index contributed by atoms with van der Waals surface area (Å²) in [6, 6.07) is 10.5. The molecule has 0 spiro atoms. The van der Waals surface area contributed by atoms with E-state index in [0.29, 0.717) is 0 Å². The Bertz CT molecular complexity index is 643. The van der Waals surface area contributed by atoms with E-state index in [0.717, 1.165) is 12.1 Å². The van der Waals surface area contributed by atoms with Crippen molar-refractivity contribution in [3.8, 4) is 5.75 Å². The van der Waals surface area contributed by atoms with Crippen LogP contribution < -0.4 is 4.74 Å². The van der Waals surface area contributed by atoms with Crippen molar-refractivity contribution in [2.24, 2.45) is 0 Å². The van der Waals surface area contributed by atoms with E-state index in [1.807, 2.05) is 0 Å². The van der Waals surface area contributed by atoms with Crippen LogP contribution in [-0.2, 0) is 5.60 Å². The number of alkyl halides is 3. The van der Waals surface area contributed by atoms with Gasteiger partial charge in [-0.25, -0.2) is 0 Å². The highest BCUT2D eigenvalue weighted by Crippen LogP contribution is 2.46. The second-order valence-corrected chi connectivity index (χ2v) is 4.83. The summed E-state index contributed by atoms with van der Waals surface area (Å²) < 4.78 is 45.5. The van der Waals surface area contributed by atoms with Gasteiger partial charge in [0, 0.05) is 16.1 Å². The zero-order valence-corrected chi connectivity index (χ0v) is 11.7. The van der Waals surface area contributed by atoms with Crippen LogP contribution in [0, 0.1) is 0 Å². The predicted octanol–water partition coefficient (Wildman–Crippen LogP) is 4.15. The van der Waals surface area contributed by atoms with Gasteiger partial charge in [-0.1, -0.05) is 41.9 Å². The number of methoxy groups -OCH3 is 1. The van der Waals surface area contributed by atoms with E-state index in [4.69, 9.17) is 16.3 Å². The third-order valence-electron chi connectivity index (χ3n) is 3.16. The first-order chi connectivity index (χ1) is 9.80. The molecule has 1 N–H and O–H groups in total. The molecule has 0 heterocycles. The topological polar surface area (TPSA) is 29.5 Å². The molecule has 2 rings (SSSR count). The Kier molecular flexibility index (Phi) is 4.16. The third kappa shape index (κ3) is 2.71. The van der Waals surface area contributed by atoms with Crippen molar-refractivity contribution in [3.63, 3.8) is 0 Å². The molecule has 0 fully saturated rings. The van der Waals surface area contributed by atoms with Gasteiger partial charge in [0.15, 0.2) is 0 Å². The molecule has 0 aliphatic carbocycles. The van der Waals surface area contributed by atoms with Crippen molar-refractivity contribution in [3.05, 3.63) is 64.7 Å². The molecule has 1 unspecified atom stereocenters. The summed E-state index contributed by atoms with van der Waals surface area (Å²) in [6.45, 7) is 0. The molecule has 2 aromatic rings. The molecule has 112 valence electrons. The van der Waals surface area contributed by atoms with Crippen LogP contribution in [0.15, 0.2) is 48.5 Å². The van der Waals surface area contributed by atoms with Gasteiger partial charge in [-0.3, -0.25) is 0 Å². The molecule has 0 radical (unpaired) electrons. The first kappa shape index (κ1) is 15.7. The molecule has 0 bridgehead atoms. The number of ether oxygens (including phenoxy) is 1. The largest absolute Gasteiger partial charge is 0.497 e. The average molecular weight is 317 g/mol. The second-order valence-electron chi connectivity index (χ2n) is 4.42. The molecule has 1 atom stereocenters. The van der Waals surface area contributed by atoms with Crippen LogP contribution in [0.5, 0.6) is 5.75 Å². The van der Waals surface area contributed by atoms with Crippen LogP contribution in [0.4, 0.5) is 13.2 Å². The van der Waals surface area contributed by atoms with Crippen LogP contribution in [0.2, 0.25) is 5.02 Å². The smallest absolute Gasteiger partial charge is 0.425 e. The molecule has 0 aliphatic heterocycles. The lowest BCUT2D eigenvalue weighted by atomic mass is 9.85. The SMILES string of the molecule is COc1cccc(C(O)(c2ccccc2Cl)C(F)(F)F)c1. The highest BCUT2D eigenvalue weighted by Gasteiger charge is 2.57. The van der Waals surface area contributed by atoms with Crippen molar-refractivity contribution in [2.75, 3.05) is 7.11 Å². The van der Waals surface area contributed by atoms with Gasteiger partial charge in [0.1, 0.15) is 5.75 Å². The van der Waals surface area contributed by atoms with Crippen molar-refractivity contribution < 1.29 is 23.0 Å². The van der Waals surface area contributed by atoms with Gasteiger partial charge in [0.05, 0.1) is 7.11 Å². The number of benzene rings is 2. The number of hydrogen-bond acceptors (Lipinski definition) is 2. The predicted molar refractivity (Wildman–Crippen MR) is 73.5 cm³/mol. The molecule has 21 heavy (non-hydrogen) atoms. The van der Waals surface area contributed by atoms with Gasteiger partial charge in [-0.15, -0.1) is 0 Å². The van der Waals surface area contributed by atoms with Gasteiger partial charge in [0.2, 0.25) is 5.60 Å². The highest BCUT2D eigenvalue weighted by atomic mass is 35.5. The standard InChI is InChI=1S/C15H12ClF3O2/c1-21-11-6-4-5-10(9-11)14(20,15(17,18)19)12-7-2-3-8-13(12)16/h2-9,20H,1H3. The molecular formula is C15H12ClF3O2. The summed E-state index contributed by atoms with van der Waals surface area (Å²) in [6.07, 6.45) is -4.94. The number of aliphatic hydroxyl groups is 1. The first-order valence-electron chi connectivity index (χ1n) is 5.99. The quantitative estimate of drug-likeness (QED) is 0.922. The van der Waals surface area contributed by atoms with Crippen LogP contribution in [0.3, 0.4) is 0 Å². The fourth-order valence-corrected chi connectivity index (χ4v) is 2.35. The minimum absolute atomic E-state index is 0.167. The van der Waals surface area contributed by atoms with Crippen molar-refractivity contribution in [1.82, 2.24) is 0 Å². The van der Waals surface area contributed by atoms with Crippen LogP contribution in [0.25, 0.3) is 0 Å². The van der Waals surface area contributed by atoms with Crippen molar-refractivity contribution >= 4 is 11.6 Å². The lowest BCUT2D eigenvalue weighted by Gasteiger charge is -2.32. The van der Waals surface area contributed by atoms with Gasteiger partial charge in [-0.05, 0) is 18.2 Å². The summed E-state index contributed by atoms with van der Waals surface area (Å²) in [5, 5.41) is 10.3. The minimum atomic E-state index is -4.94. The molecule has 0 saturated carbocycles. The molecular weight excluding hydrogens is 305 g/mol. The van der Waals surface area contributed by atoms with Gasteiger partial charge in [0.25, 0.3) is 0 Å². The Hall–Kier alpha value is -1.72. The zero-order chi connectivity index (χ0) is 15.7. The Morgan fingerprint density at radius 3 is 2.29 bits per heavy atom. The Morgan fingerprint density at radius 2 is 1.71 bits per heavy atom. The van der Waals surface area contributed by atoms with Gasteiger partial charge >= 0.3 is 6.18 Å². The fraction of sp³-hybridized carbons (Fsp3) is 0.200. The fourth-order valence-electron chi connectivity index (χ4n) is 2.07. The van der Waals surface area contributed by atoms with E-state index in [1.165, 1.54) is 43.5 Å². The average Bonchev–Trinajstić information content (AvgIpc) is 2.46. The van der Waals surface area contributed by atoms with E-state index in [-0.39, 0.29) is 16.3 Å². The maximum Gasteiger partial charge on any atom is 0.425 e. The van der Waals surface area contributed by atoms with Gasteiger partial charge in [-0.2, -0.15) is 13.2 Å². The molecule has 0 saturated heterocycles. The van der Waals surface area contributed by atoms with Crippen molar-refractivity contribution in [1.29, 1.82) is 0 Å². The first-order valence-corrected chi connectivity index (χ1v) is 6.37. The van der Waals surface area contributed by atoms with Crippen LogP contribution in [0.1, 0.15) is 11.1 Å². The molecule has 0 amide bonds. The van der Waals surface area contributed by atoms with E-state index in [9.17, 15) is 18.3 Å². The molecule has 0 aromatic heterocycles. The van der Waals surface area contributed by atoms with E-state index >= 15 is 0 Å². The highest BCUT2D eigenvalue weighted by molar-refractivity contribution is 6.31. The van der Waals surface area contributed by atoms with Crippen LogP contribution in [-0.4, -0.2) is 18.4 Å². The molecule has 2 aromatic carbocycles. The van der Waals surface area contributed by atoms with E-state index < -0.39 is 17.3 Å². The van der Waals surface area contributed by atoms with E-state index in [2.05, 4.69) is 0 Å². The third-order valence-corrected chi connectivity index (χ3v) is 3.49. The Labute approximate surface area is 124 Å². The summed E-state index contributed by atoms with van der Waals surface area (Å²) in [5.74, 6) is 0.210. The van der Waals surface area contributed by atoms with E-state index in [1.54, 1.807) is 0 Å². The van der Waals surface area contributed by atoms with Gasteiger partial charge < -0.3 is 9.84 Å². The zero-order valence-electron chi connectivity index (χ0n) is 11.0. The second kappa shape index (κ2) is 5.58. The summed E-state index contributed by atoms with van der Waals surface area (Å²) >= 11 is 5.85. The number of rotatable bonds is 3. The summed E-state index contributed by atoms with van der Waals surface area (Å²) in [5.41, 5.74) is -3.99. The lowest BCUT2D eigenvalue weighted by molar-refractivity contribution is -0.248. The molecule has 2 nitrogen and oxygen atoms in total. The molecule has 0 aliphatic rings. The number of halogens is 4. The maximum atomic E-state index is 13.5. The monoisotopic (exact) mass is 316 g/mol. The summed E-state index contributed by atoms with van der Waals surface area (Å²) in [4.78, 5) is 0. The van der Waals surface area contributed by atoms with Crippen LogP contribution >= 0.6 is 11.6 Å². The Morgan fingerprint density at radius 1 is 1.05 bits per heavy atom. The van der Waals surface area contributed by atoms with Crippen molar-refractivity contribution in [2.45, 2.75) is 11.8 Å². The molecule has 6 heteroatoms. The maximum absolute atomic E-state index is 13.5. The lowest BCUT2D eigenvalue weighted by Crippen LogP contribution is -2.43. The number of hydrogen-bond donors (Lipinski definition) is 1. The summed E-state index contributed by atoms with van der Waals surface area (Å²) in [7, 11) is 1.33. The Balaban J connectivity index is 2.71.